The molecule has 0 saturated carbocycles. The minimum absolute atomic E-state index is 0.838. The molecule has 13 heavy (non-hydrogen) atoms. The molecule has 0 heterocycles. The first-order valence-electron chi connectivity index (χ1n) is 5.57. The SMILES string of the molecule is CCC=CCCC=CCCC(C)C. The number of hydrogen-bond acceptors (Lipinski definition) is 0. The summed E-state index contributed by atoms with van der Waals surface area (Å²) in [6.45, 7) is 6.73. The van der Waals surface area contributed by atoms with Crippen LogP contribution in [0.3, 0.4) is 0 Å². The Morgan fingerprint density at radius 2 is 1.38 bits per heavy atom. The topological polar surface area (TPSA) is 0 Å². The monoisotopic (exact) mass is 180 g/mol. The van der Waals surface area contributed by atoms with Gasteiger partial charge in [0.05, 0.1) is 0 Å². The molecule has 0 aromatic heterocycles. The normalized spacial score (nSPS) is 12.3. The molecule has 0 heteroatoms. The highest BCUT2D eigenvalue weighted by atomic mass is 13.9. The standard InChI is InChI=1S/C13H24/c1-4-5-6-7-8-9-10-11-12-13(2)3/h5-6,9-10,13H,4,7-8,11-12H2,1-3H3. The van der Waals surface area contributed by atoms with E-state index in [4.69, 9.17) is 0 Å². The van der Waals surface area contributed by atoms with Gasteiger partial charge in [-0.05, 0) is 38.0 Å². The lowest BCUT2D eigenvalue weighted by molar-refractivity contribution is 0.594. The van der Waals surface area contributed by atoms with Crippen molar-refractivity contribution in [2.45, 2.75) is 52.9 Å². The summed E-state index contributed by atoms with van der Waals surface area (Å²) in [6, 6.07) is 0. The average Bonchev–Trinajstić information content (AvgIpc) is 2.09. The third kappa shape index (κ3) is 11.5. The first kappa shape index (κ1) is 12.5. The second-order valence-electron chi connectivity index (χ2n) is 3.90. The fourth-order valence-corrected chi connectivity index (χ4v) is 1.14. The maximum absolute atomic E-state index is 2.32. The van der Waals surface area contributed by atoms with Crippen LogP contribution in [0, 0.1) is 5.92 Å². The maximum Gasteiger partial charge on any atom is -0.0316 e. The van der Waals surface area contributed by atoms with E-state index in [1.165, 1.54) is 25.7 Å². The predicted molar refractivity (Wildman–Crippen MR) is 61.9 cm³/mol. The molecule has 0 atom stereocenters. The Bertz CT molecular complexity index is 140. The molecule has 0 nitrogen and oxygen atoms in total. The summed E-state index contributed by atoms with van der Waals surface area (Å²) in [7, 11) is 0. The van der Waals surface area contributed by atoms with E-state index in [9.17, 15) is 0 Å². The molecule has 0 aliphatic carbocycles. The summed E-state index contributed by atoms with van der Waals surface area (Å²) in [4.78, 5) is 0. The van der Waals surface area contributed by atoms with Crippen molar-refractivity contribution in [3.63, 3.8) is 0 Å². The van der Waals surface area contributed by atoms with E-state index in [0.717, 1.165) is 12.3 Å². The van der Waals surface area contributed by atoms with Gasteiger partial charge in [-0.15, -0.1) is 0 Å². The average molecular weight is 180 g/mol. The largest absolute Gasteiger partial charge is 0.0888 e. The zero-order valence-corrected chi connectivity index (χ0v) is 9.42. The summed E-state index contributed by atoms with van der Waals surface area (Å²) >= 11 is 0. The highest BCUT2D eigenvalue weighted by molar-refractivity contribution is 4.87. The van der Waals surface area contributed by atoms with Crippen LogP contribution in [-0.2, 0) is 0 Å². The third-order valence-corrected chi connectivity index (χ3v) is 1.98. The lowest BCUT2D eigenvalue weighted by atomic mass is 10.1. The van der Waals surface area contributed by atoms with Crippen LogP contribution in [0.25, 0.3) is 0 Å². The molecule has 0 N–H and O–H groups in total. The fourth-order valence-electron chi connectivity index (χ4n) is 1.14. The Labute approximate surface area is 83.7 Å². The maximum atomic E-state index is 2.32. The lowest BCUT2D eigenvalue weighted by Crippen LogP contribution is -1.83. The Balaban J connectivity index is 3.17. The van der Waals surface area contributed by atoms with E-state index >= 15 is 0 Å². The lowest BCUT2D eigenvalue weighted by Gasteiger charge is -1.98. The second-order valence-corrected chi connectivity index (χ2v) is 3.90. The van der Waals surface area contributed by atoms with Gasteiger partial charge in [0.2, 0.25) is 0 Å². The molecule has 0 amide bonds. The quantitative estimate of drug-likeness (QED) is 0.392. The Morgan fingerprint density at radius 3 is 1.92 bits per heavy atom. The summed E-state index contributed by atoms with van der Waals surface area (Å²) in [5.41, 5.74) is 0. The van der Waals surface area contributed by atoms with Gasteiger partial charge in [-0.3, -0.25) is 0 Å². The summed E-state index contributed by atoms with van der Waals surface area (Å²) in [5.74, 6) is 0.838. The minimum atomic E-state index is 0.838. The first-order chi connectivity index (χ1) is 6.27. The Kier molecular flexibility index (Phi) is 9.18. The molecule has 0 radical (unpaired) electrons. The molecule has 0 aromatic rings. The van der Waals surface area contributed by atoms with Crippen LogP contribution < -0.4 is 0 Å². The van der Waals surface area contributed by atoms with Gasteiger partial charge >= 0.3 is 0 Å². The van der Waals surface area contributed by atoms with Crippen LogP contribution >= 0.6 is 0 Å². The smallest absolute Gasteiger partial charge is 0.0316 e. The molecule has 76 valence electrons. The van der Waals surface area contributed by atoms with Crippen molar-refractivity contribution in [3.8, 4) is 0 Å². The fraction of sp³-hybridized carbons (Fsp3) is 0.692. The number of unbranched alkanes of at least 4 members (excludes halogenated alkanes) is 1. The molecule has 0 aliphatic heterocycles. The zero-order chi connectivity index (χ0) is 9.94. The van der Waals surface area contributed by atoms with Crippen LogP contribution in [0.2, 0.25) is 0 Å². The minimum Gasteiger partial charge on any atom is -0.0888 e. The number of allylic oxidation sites excluding steroid dienone is 4. The number of hydrogen-bond donors (Lipinski definition) is 0. The summed E-state index contributed by atoms with van der Waals surface area (Å²) in [6.07, 6.45) is 15.3. The highest BCUT2D eigenvalue weighted by Gasteiger charge is 1.88. The zero-order valence-electron chi connectivity index (χ0n) is 9.42. The van der Waals surface area contributed by atoms with E-state index in [2.05, 4.69) is 45.1 Å². The highest BCUT2D eigenvalue weighted by Crippen LogP contribution is 2.04. The van der Waals surface area contributed by atoms with Gasteiger partial charge in [0.1, 0.15) is 0 Å². The van der Waals surface area contributed by atoms with Crippen molar-refractivity contribution >= 4 is 0 Å². The van der Waals surface area contributed by atoms with Gasteiger partial charge in [0.15, 0.2) is 0 Å². The summed E-state index contributed by atoms with van der Waals surface area (Å²) in [5, 5.41) is 0. The van der Waals surface area contributed by atoms with Crippen molar-refractivity contribution in [3.05, 3.63) is 24.3 Å². The van der Waals surface area contributed by atoms with Crippen molar-refractivity contribution in [2.75, 3.05) is 0 Å². The van der Waals surface area contributed by atoms with Crippen molar-refractivity contribution in [1.82, 2.24) is 0 Å². The van der Waals surface area contributed by atoms with Crippen molar-refractivity contribution in [2.24, 2.45) is 5.92 Å². The van der Waals surface area contributed by atoms with Crippen LogP contribution in [0.4, 0.5) is 0 Å². The Morgan fingerprint density at radius 1 is 0.846 bits per heavy atom. The van der Waals surface area contributed by atoms with E-state index in [1.54, 1.807) is 0 Å². The van der Waals surface area contributed by atoms with Gasteiger partial charge in [-0.25, -0.2) is 0 Å². The van der Waals surface area contributed by atoms with Gasteiger partial charge in [0.25, 0.3) is 0 Å². The molecular formula is C13H24. The van der Waals surface area contributed by atoms with Gasteiger partial charge in [-0.2, -0.15) is 0 Å². The summed E-state index contributed by atoms with van der Waals surface area (Å²) < 4.78 is 0. The van der Waals surface area contributed by atoms with Crippen LogP contribution in [-0.4, -0.2) is 0 Å². The molecule has 0 saturated heterocycles. The molecule has 0 aromatic carbocycles. The van der Waals surface area contributed by atoms with E-state index in [0.29, 0.717) is 0 Å². The molecule has 0 rings (SSSR count). The van der Waals surface area contributed by atoms with Crippen molar-refractivity contribution in [1.29, 1.82) is 0 Å². The van der Waals surface area contributed by atoms with Crippen molar-refractivity contribution < 1.29 is 0 Å². The van der Waals surface area contributed by atoms with E-state index in [-0.39, 0.29) is 0 Å². The molecule has 0 aliphatic rings. The van der Waals surface area contributed by atoms with Crippen LogP contribution in [0.1, 0.15) is 52.9 Å². The second kappa shape index (κ2) is 9.57. The van der Waals surface area contributed by atoms with E-state index in [1.807, 2.05) is 0 Å². The first-order valence-corrected chi connectivity index (χ1v) is 5.57. The Hall–Kier alpha value is -0.520. The van der Waals surface area contributed by atoms with Gasteiger partial charge in [-0.1, -0.05) is 45.1 Å². The van der Waals surface area contributed by atoms with E-state index < -0.39 is 0 Å². The third-order valence-electron chi connectivity index (χ3n) is 1.98. The van der Waals surface area contributed by atoms with Crippen LogP contribution in [0.5, 0.6) is 0 Å². The molecule has 0 spiro atoms. The van der Waals surface area contributed by atoms with Gasteiger partial charge < -0.3 is 0 Å². The number of rotatable bonds is 7. The van der Waals surface area contributed by atoms with Crippen LogP contribution in [0.15, 0.2) is 24.3 Å². The molecule has 0 bridgehead atoms. The predicted octanol–water partition coefficient (Wildman–Crippen LogP) is 4.73. The molecule has 0 unspecified atom stereocenters. The van der Waals surface area contributed by atoms with Gasteiger partial charge in [0, 0.05) is 0 Å². The molecule has 0 fully saturated rings. The molecular weight excluding hydrogens is 156 g/mol.